The average Bonchev–Trinajstić information content (AvgIpc) is 3.02. The summed E-state index contributed by atoms with van der Waals surface area (Å²) < 4.78 is 5.32. The van der Waals surface area contributed by atoms with Crippen molar-refractivity contribution in [1.29, 1.82) is 0 Å². The first-order valence-electron chi connectivity index (χ1n) is 7.57. The molecule has 0 bridgehead atoms. The van der Waals surface area contributed by atoms with Gasteiger partial charge in [-0.05, 0) is 44.0 Å². The molecule has 0 unspecified atom stereocenters. The molecule has 0 radical (unpaired) electrons. The van der Waals surface area contributed by atoms with Gasteiger partial charge in [0.05, 0.1) is 12.8 Å². The lowest BCUT2D eigenvalue weighted by molar-refractivity contribution is 0.518. The predicted molar refractivity (Wildman–Crippen MR) is 92.0 cm³/mol. The van der Waals surface area contributed by atoms with Crippen LogP contribution in [0.5, 0.6) is 0 Å². The van der Waals surface area contributed by atoms with Crippen LogP contribution in [0.4, 0.5) is 17.3 Å². The summed E-state index contributed by atoms with van der Waals surface area (Å²) in [5, 5.41) is 6.66. The lowest BCUT2D eigenvalue weighted by Crippen LogP contribution is -2.05. The summed E-state index contributed by atoms with van der Waals surface area (Å²) in [6, 6.07) is 11.9. The summed E-state index contributed by atoms with van der Waals surface area (Å²) in [7, 11) is 0. The Bertz CT molecular complexity index is 777. The standard InChI is InChI=1S/C18H20N4O/c1-12-6-4-7-13(2)18(12)22-17-10-16(20-14(3)21-17)19-11-15-8-5-9-23-15/h4-10H,11H2,1-3H3,(H2,19,20,21,22). The molecule has 0 aliphatic heterocycles. The van der Waals surface area contributed by atoms with Crippen molar-refractivity contribution in [2.45, 2.75) is 27.3 Å². The van der Waals surface area contributed by atoms with Crippen molar-refractivity contribution in [3.05, 3.63) is 65.4 Å². The number of benzene rings is 1. The fraction of sp³-hybridized carbons (Fsp3) is 0.222. The highest BCUT2D eigenvalue weighted by Crippen LogP contribution is 2.24. The molecule has 1 aromatic carbocycles. The topological polar surface area (TPSA) is 63.0 Å². The van der Waals surface area contributed by atoms with Crippen molar-refractivity contribution >= 4 is 17.3 Å². The maximum Gasteiger partial charge on any atom is 0.136 e. The van der Waals surface area contributed by atoms with Gasteiger partial charge in [-0.2, -0.15) is 0 Å². The Hall–Kier alpha value is -2.82. The lowest BCUT2D eigenvalue weighted by atomic mass is 10.1. The first-order valence-corrected chi connectivity index (χ1v) is 7.57. The molecule has 2 aromatic heterocycles. The Labute approximate surface area is 135 Å². The third-order valence-electron chi connectivity index (χ3n) is 3.60. The van der Waals surface area contributed by atoms with Gasteiger partial charge in [-0.3, -0.25) is 0 Å². The summed E-state index contributed by atoms with van der Waals surface area (Å²) in [6.45, 7) is 6.64. The van der Waals surface area contributed by atoms with Gasteiger partial charge >= 0.3 is 0 Å². The molecular formula is C18H20N4O. The first-order chi connectivity index (χ1) is 11.1. The number of hydrogen-bond acceptors (Lipinski definition) is 5. The summed E-state index contributed by atoms with van der Waals surface area (Å²) in [4.78, 5) is 8.89. The van der Waals surface area contributed by atoms with Crippen molar-refractivity contribution in [2.75, 3.05) is 10.6 Å². The van der Waals surface area contributed by atoms with Gasteiger partial charge in [0.2, 0.25) is 0 Å². The van der Waals surface area contributed by atoms with E-state index in [1.807, 2.05) is 25.1 Å². The number of furan rings is 1. The lowest BCUT2D eigenvalue weighted by Gasteiger charge is -2.13. The van der Waals surface area contributed by atoms with Crippen LogP contribution in [0, 0.1) is 20.8 Å². The third-order valence-corrected chi connectivity index (χ3v) is 3.60. The van der Waals surface area contributed by atoms with Crippen molar-refractivity contribution < 1.29 is 4.42 Å². The molecule has 3 aromatic rings. The largest absolute Gasteiger partial charge is 0.467 e. The molecule has 5 nitrogen and oxygen atoms in total. The molecule has 0 aliphatic carbocycles. The number of hydrogen-bond donors (Lipinski definition) is 2. The van der Waals surface area contributed by atoms with E-state index < -0.39 is 0 Å². The zero-order chi connectivity index (χ0) is 16.2. The molecule has 0 fully saturated rings. The highest BCUT2D eigenvalue weighted by Gasteiger charge is 2.06. The Morgan fingerprint density at radius 2 is 1.70 bits per heavy atom. The summed E-state index contributed by atoms with van der Waals surface area (Å²) >= 11 is 0. The van der Waals surface area contributed by atoms with Crippen molar-refractivity contribution in [2.24, 2.45) is 0 Å². The molecule has 5 heteroatoms. The molecule has 0 atom stereocenters. The minimum Gasteiger partial charge on any atom is -0.467 e. The number of nitrogens with one attached hydrogen (secondary N) is 2. The van der Waals surface area contributed by atoms with E-state index in [1.54, 1.807) is 6.26 Å². The van der Waals surface area contributed by atoms with Crippen molar-refractivity contribution in [3.8, 4) is 0 Å². The molecular weight excluding hydrogens is 288 g/mol. The van der Waals surface area contributed by atoms with Gasteiger partial charge in [-0.25, -0.2) is 9.97 Å². The molecule has 3 rings (SSSR count). The van der Waals surface area contributed by atoms with E-state index in [4.69, 9.17) is 4.42 Å². The van der Waals surface area contributed by atoms with Gasteiger partial charge in [0.15, 0.2) is 0 Å². The summed E-state index contributed by atoms with van der Waals surface area (Å²) in [5.41, 5.74) is 3.46. The molecule has 0 saturated heterocycles. The van der Waals surface area contributed by atoms with Crippen LogP contribution in [-0.2, 0) is 6.54 Å². The van der Waals surface area contributed by atoms with Crippen LogP contribution in [0.15, 0.2) is 47.1 Å². The second-order valence-electron chi connectivity index (χ2n) is 5.51. The zero-order valence-corrected chi connectivity index (χ0v) is 13.6. The van der Waals surface area contributed by atoms with Gasteiger partial charge in [-0.1, -0.05) is 18.2 Å². The molecule has 0 aliphatic rings. The van der Waals surface area contributed by atoms with Crippen LogP contribution in [-0.4, -0.2) is 9.97 Å². The van der Waals surface area contributed by atoms with Gasteiger partial charge in [0.25, 0.3) is 0 Å². The molecule has 2 heterocycles. The maximum atomic E-state index is 5.32. The molecule has 2 N–H and O–H groups in total. The second kappa shape index (κ2) is 6.52. The van der Waals surface area contributed by atoms with E-state index in [-0.39, 0.29) is 0 Å². The minimum atomic E-state index is 0.590. The molecule has 118 valence electrons. The number of nitrogens with zero attached hydrogens (tertiary/aromatic N) is 2. The van der Waals surface area contributed by atoms with Gasteiger partial charge in [-0.15, -0.1) is 0 Å². The smallest absolute Gasteiger partial charge is 0.136 e. The Morgan fingerprint density at radius 3 is 2.39 bits per heavy atom. The van der Waals surface area contributed by atoms with Crippen LogP contribution in [0.2, 0.25) is 0 Å². The van der Waals surface area contributed by atoms with Crippen LogP contribution in [0.25, 0.3) is 0 Å². The number of aromatic nitrogens is 2. The van der Waals surface area contributed by atoms with Crippen LogP contribution >= 0.6 is 0 Å². The number of rotatable bonds is 5. The Balaban J connectivity index is 1.80. The number of aryl methyl sites for hydroxylation is 3. The van der Waals surface area contributed by atoms with E-state index in [0.29, 0.717) is 12.4 Å². The van der Waals surface area contributed by atoms with Crippen LogP contribution in [0.3, 0.4) is 0 Å². The number of anilines is 3. The molecule has 0 amide bonds. The van der Waals surface area contributed by atoms with Crippen LogP contribution < -0.4 is 10.6 Å². The average molecular weight is 308 g/mol. The highest BCUT2D eigenvalue weighted by atomic mass is 16.3. The minimum absolute atomic E-state index is 0.590. The van der Waals surface area contributed by atoms with Gasteiger partial charge in [0.1, 0.15) is 23.2 Å². The maximum absolute atomic E-state index is 5.32. The molecule has 0 saturated carbocycles. The third kappa shape index (κ3) is 3.69. The van der Waals surface area contributed by atoms with E-state index >= 15 is 0 Å². The summed E-state index contributed by atoms with van der Waals surface area (Å²) in [5.74, 6) is 3.12. The SMILES string of the molecule is Cc1nc(NCc2ccco2)cc(Nc2c(C)cccc2C)n1. The quantitative estimate of drug-likeness (QED) is 0.733. The zero-order valence-electron chi connectivity index (χ0n) is 13.6. The van der Waals surface area contributed by atoms with Crippen molar-refractivity contribution in [1.82, 2.24) is 9.97 Å². The first kappa shape index (κ1) is 15.1. The highest BCUT2D eigenvalue weighted by molar-refractivity contribution is 5.65. The van der Waals surface area contributed by atoms with Crippen molar-refractivity contribution in [3.63, 3.8) is 0 Å². The predicted octanol–water partition coefficient (Wildman–Crippen LogP) is 4.35. The normalized spacial score (nSPS) is 10.6. The van der Waals surface area contributed by atoms with E-state index in [2.05, 4.69) is 52.6 Å². The van der Waals surface area contributed by atoms with E-state index in [9.17, 15) is 0 Å². The monoisotopic (exact) mass is 308 g/mol. The molecule has 23 heavy (non-hydrogen) atoms. The Morgan fingerprint density at radius 1 is 0.957 bits per heavy atom. The fourth-order valence-electron chi connectivity index (χ4n) is 2.45. The van der Waals surface area contributed by atoms with E-state index in [0.717, 1.165) is 23.1 Å². The van der Waals surface area contributed by atoms with E-state index in [1.165, 1.54) is 11.1 Å². The Kier molecular flexibility index (Phi) is 4.28. The fourth-order valence-corrected chi connectivity index (χ4v) is 2.45. The van der Waals surface area contributed by atoms with Gasteiger partial charge in [0, 0.05) is 11.8 Å². The van der Waals surface area contributed by atoms with Gasteiger partial charge < -0.3 is 15.1 Å². The van der Waals surface area contributed by atoms with Crippen LogP contribution in [0.1, 0.15) is 22.7 Å². The number of para-hydroxylation sites is 1. The summed E-state index contributed by atoms with van der Waals surface area (Å²) in [6.07, 6.45) is 1.66. The molecule has 0 spiro atoms. The second-order valence-corrected chi connectivity index (χ2v) is 5.51.